The molecule has 0 saturated heterocycles. The summed E-state index contributed by atoms with van der Waals surface area (Å²) in [5.74, 6) is 1.08. The van der Waals surface area contributed by atoms with Gasteiger partial charge < -0.3 is 10.5 Å². The van der Waals surface area contributed by atoms with Gasteiger partial charge in [-0.1, -0.05) is 6.07 Å². The minimum absolute atomic E-state index is 0.140. The van der Waals surface area contributed by atoms with Crippen LogP contribution in [0.4, 0.5) is 5.69 Å². The Hall–Kier alpha value is -1.23. The molecule has 1 aliphatic rings. The van der Waals surface area contributed by atoms with Gasteiger partial charge in [0, 0.05) is 6.26 Å². The lowest BCUT2D eigenvalue weighted by molar-refractivity contribution is 0.301. The molecule has 1 aromatic carbocycles. The van der Waals surface area contributed by atoms with Gasteiger partial charge in [0.1, 0.15) is 5.75 Å². The maximum absolute atomic E-state index is 11.4. The molecule has 0 spiro atoms. The van der Waals surface area contributed by atoms with Gasteiger partial charge in [0.25, 0.3) is 0 Å². The lowest BCUT2D eigenvalue weighted by Gasteiger charge is -2.10. The molecule has 1 fully saturated rings. The molecule has 2 rings (SSSR count). The van der Waals surface area contributed by atoms with Crippen LogP contribution in [0.5, 0.6) is 5.75 Å². The molecule has 1 aromatic rings. The molecule has 0 radical (unpaired) electrons. The van der Waals surface area contributed by atoms with Crippen LogP contribution in [0.1, 0.15) is 12.8 Å². The quantitative estimate of drug-likeness (QED) is 0.810. The highest BCUT2D eigenvalue weighted by Gasteiger charge is 2.23. The second kappa shape index (κ2) is 3.97. The fourth-order valence-electron chi connectivity index (χ4n) is 1.47. The maximum atomic E-state index is 11.4. The van der Waals surface area contributed by atoms with Crippen molar-refractivity contribution in [2.45, 2.75) is 17.7 Å². The molecule has 0 unspecified atom stereocenters. The molecule has 0 heterocycles. The van der Waals surface area contributed by atoms with Crippen molar-refractivity contribution in [1.82, 2.24) is 0 Å². The van der Waals surface area contributed by atoms with E-state index < -0.39 is 9.84 Å². The van der Waals surface area contributed by atoms with Crippen LogP contribution in [0.2, 0.25) is 0 Å². The van der Waals surface area contributed by atoms with Gasteiger partial charge in [-0.2, -0.15) is 0 Å². The van der Waals surface area contributed by atoms with E-state index in [9.17, 15) is 8.42 Å². The first kappa shape index (κ1) is 11.3. The summed E-state index contributed by atoms with van der Waals surface area (Å²) >= 11 is 0. The largest absolute Gasteiger partial charge is 0.491 e. The second-order valence-corrected chi connectivity index (χ2v) is 6.18. The van der Waals surface area contributed by atoms with Crippen molar-refractivity contribution in [1.29, 1.82) is 0 Å². The summed E-state index contributed by atoms with van der Waals surface area (Å²) in [6, 6.07) is 4.84. The van der Waals surface area contributed by atoms with Crippen LogP contribution >= 0.6 is 0 Å². The molecule has 0 aliphatic heterocycles. The highest BCUT2D eigenvalue weighted by atomic mass is 32.2. The van der Waals surface area contributed by atoms with Crippen LogP contribution in [0, 0.1) is 5.92 Å². The van der Waals surface area contributed by atoms with E-state index in [1.807, 2.05) is 0 Å². The maximum Gasteiger partial charge on any atom is 0.177 e. The third-order valence-electron chi connectivity index (χ3n) is 2.60. The predicted molar refractivity (Wildman–Crippen MR) is 62.2 cm³/mol. The second-order valence-electron chi connectivity index (χ2n) is 4.19. The van der Waals surface area contributed by atoms with Crippen LogP contribution in [-0.4, -0.2) is 21.3 Å². The molecular weight excluding hydrogens is 226 g/mol. The number of nitrogens with two attached hydrogens (primary N) is 1. The predicted octanol–water partition coefficient (Wildman–Crippen LogP) is 1.46. The Morgan fingerprint density at radius 2 is 2.12 bits per heavy atom. The number of para-hydroxylation sites is 1. The van der Waals surface area contributed by atoms with Crippen molar-refractivity contribution in [3.63, 3.8) is 0 Å². The fraction of sp³-hybridized carbons (Fsp3) is 0.455. The first-order valence-corrected chi connectivity index (χ1v) is 7.09. The third kappa shape index (κ3) is 2.47. The molecule has 4 nitrogen and oxygen atoms in total. The number of hydrogen-bond donors (Lipinski definition) is 1. The topological polar surface area (TPSA) is 69.4 Å². The molecule has 2 N–H and O–H groups in total. The molecule has 16 heavy (non-hydrogen) atoms. The summed E-state index contributed by atoms with van der Waals surface area (Å²) in [7, 11) is -3.28. The molecular formula is C11H15NO3S. The van der Waals surface area contributed by atoms with E-state index in [1.165, 1.54) is 18.9 Å². The average molecular weight is 241 g/mol. The summed E-state index contributed by atoms with van der Waals surface area (Å²) in [5.41, 5.74) is 5.99. The minimum atomic E-state index is -3.28. The number of nitrogen functional groups attached to an aromatic ring is 1. The van der Waals surface area contributed by atoms with E-state index in [1.54, 1.807) is 12.1 Å². The zero-order valence-electron chi connectivity index (χ0n) is 9.14. The van der Waals surface area contributed by atoms with E-state index in [2.05, 4.69) is 0 Å². The van der Waals surface area contributed by atoms with Crippen molar-refractivity contribution in [2.75, 3.05) is 18.6 Å². The standard InChI is InChI=1S/C11H15NO3S/c1-16(13,14)10-4-2-3-9(11(10)12)15-7-8-5-6-8/h2-4,8H,5-7,12H2,1H3. The Morgan fingerprint density at radius 1 is 1.44 bits per heavy atom. The smallest absolute Gasteiger partial charge is 0.177 e. The lowest BCUT2D eigenvalue weighted by Crippen LogP contribution is -2.06. The molecule has 1 saturated carbocycles. The van der Waals surface area contributed by atoms with Crippen molar-refractivity contribution in [3.05, 3.63) is 18.2 Å². The molecule has 1 aliphatic carbocycles. The Balaban J connectivity index is 2.24. The lowest BCUT2D eigenvalue weighted by atomic mass is 10.3. The first-order chi connectivity index (χ1) is 7.48. The van der Waals surface area contributed by atoms with Crippen molar-refractivity contribution in [2.24, 2.45) is 5.92 Å². The summed E-state index contributed by atoms with van der Waals surface area (Å²) in [6.07, 6.45) is 3.51. The summed E-state index contributed by atoms with van der Waals surface area (Å²) in [4.78, 5) is 0.140. The van der Waals surface area contributed by atoms with Crippen LogP contribution in [-0.2, 0) is 9.84 Å². The monoisotopic (exact) mass is 241 g/mol. The van der Waals surface area contributed by atoms with Gasteiger partial charge in [0.2, 0.25) is 0 Å². The van der Waals surface area contributed by atoms with Crippen LogP contribution < -0.4 is 10.5 Å². The molecule has 0 atom stereocenters. The molecule has 0 amide bonds. The molecule has 88 valence electrons. The van der Waals surface area contributed by atoms with Gasteiger partial charge in [0.05, 0.1) is 17.2 Å². The summed E-state index contributed by atoms with van der Waals surface area (Å²) < 4.78 is 28.3. The van der Waals surface area contributed by atoms with Crippen LogP contribution in [0.15, 0.2) is 23.1 Å². The normalized spacial score (nSPS) is 16.1. The summed E-state index contributed by atoms with van der Waals surface area (Å²) in [5, 5.41) is 0. The molecule has 5 heteroatoms. The Morgan fingerprint density at radius 3 is 2.69 bits per heavy atom. The zero-order chi connectivity index (χ0) is 11.8. The number of hydrogen-bond acceptors (Lipinski definition) is 4. The van der Waals surface area contributed by atoms with Crippen molar-refractivity contribution >= 4 is 15.5 Å². The molecule has 0 bridgehead atoms. The Kier molecular flexibility index (Phi) is 2.80. The van der Waals surface area contributed by atoms with Crippen LogP contribution in [0.3, 0.4) is 0 Å². The minimum Gasteiger partial charge on any atom is -0.491 e. The van der Waals surface area contributed by atoms with Crippen molar-refractivity contribution < 1.29 is 13.2 Å². The number of anilines is 1. The van der Waals surface area contributed by atoms with E-state index >= 15 is 0 Å². The van der Waals surface area contributed by atoms with Gasteiger partial charge in [-0.25, -0.2) is 8.42 Å². The highest BCUT2D eigenvalue weighted by Crippen LogP contribution is 2.33. The SMILES string of the molecule is CS(=O)(=O)c1cccc(OCC2CC2)c1N. The van der Waals surface area contributed by atoms with Gasteiger partial charge in [-0.3, -0.25) is 0 Å². The van der Waals surface area contributed by atoms with Crippen molar-refractivity contribution in [3.8, 4) is 5.75 Å². The number of ether oxygens (including phenoxy) is 1. The molecule has 0 aromatic heterocycles. The fourth-order valence-corrected chi connectivity index (χ4v) is 2.29. The van der Waals surface area contributed by atoms with E-state index in [4.69, 9.17) is 10.5 Å². The van der Waals surface area contributed by atoms with E-state index in [0.717, 1.165) is 6.26 Å². The van der Waals surface area contributed by atoms with Gasteiger partial charge in [-0.05, 0) is 30.9 Å². The van der Waals surface area contributed by atoms with Gasteiger partial charge in [0.15, 0.2) is 9.84 Å². The Bertz CT molecular complexity index is 492. The first-order valence-electron chi connectivity index (χ1n) is 5.20. The summed E-state index contributed by atoms with van der Waals surface area (Å²) in [6.45, 7) is 0.622. The highest BCUT2D eigenvalue weighted by molar-refractivity contribution is 7.90. The number of benzene rings is 1. The van der Waals surface area contributed by atoms with Gasteiger partial charge >= 0.3 is 0 Å². The third-order valence-corrected chi connectivity index (χ3v) is 3.75. The van der Waals surface area contributed by atoms with Gasteiger partial charge in [-0.15, -0.1) is 0 Å². The van der Waals surface area contributed by atoms with E-state index in [-0.39, 0.29) is 10.6 Å². The number of sulfone groups is 1. The zero-order valence-corrected chi connectivity index (χ0v) is 9.96. The van der Waals surface area contributed by atoms with E-state index in [0.29, 0.717) is 18.3 Å². The average Bonchev–Trinajstić information content (AvgIpc) is 2.98. The van der Waals surface area contributed by atoms with Crippen LogP contribution in [0.25, 0.3) is 0 Å². The Labute approximate surface area is 95.3 Å². The number of rotatable bonds is 4.